The fourth-order valence-electron chi connectivity index (χ4n) is 4.63. The molecule has 39 heavy (non-hydrogen) atoms. The lowest BCUT2D eigenvalue weighted by Gasteiger charge is -2.22. The lowest BCUT2D eigenvalue weighted by atomic mass is 9.94. The van der Waals surface area contributed by atoms with Crippen LogP contribution < -0.4 is 15.1 Å². The minimum absolute atomic E-state index is 0.0104. The van der Waals surface area contributed by atoms with E-state index in [4.69, 9.17) is 14.3 Å². The Morgan fingerprint density at radius 2 is 1.41 bits per heavy atom. The monoisotopic (exact) mass is 523 g/mol. The molecule has 0 bridgehead atoms. The van der Waals surface area contributed by atoms with E-state index in [0.29, 0.717) is 5.69 Å². The molecule has 5 rings (SSSR count). The fraction of sp³-hybridized carbons (Fsp3) is 0.258. The maximum Gasteiger partial charge on any atom is 0.377 e. The van der Waals surface area contributed by atoms with E-state index in [0.717, 1.165) is 33.9 Å². The molecule has 0 radical (unpaired) electrons. The summed E-state index contributed by atoms with van der Waals surface area (Å²) in [6.07, 6.45) is 0. The van der Waals surface area contributed by atoms with Crippen molar-refractivity contribution in [1.82, 2.24) is 10.5 Å². The van der Waals surface area contributed by atoms with Gasteiger partial charge in [-0.2, -0.15) is 0 Å². The van der Waals surface area contributed by atoms with Crippen LogP contribution in [0.15, 0.2) is 88.4 Å². The lowest BCUT2D eigenvalue weighted by molar-refractivity contribution is 0.0479. The van der Waals surface area contributed by atoms with Crippen LogP contribution in [0.3, 0.4) is 0 Å². The number of carbonyl (C=O) groups excluding carboxylic acids is 1. The second-order valence-corrected chi connectivity index (χ2v) is 9.89. The van der Waals surface area contributed by atoms with Crippen molar-refractivity contribution in [3.05, 3.63) is 101 Å². The van der Waals surface area contributed by atoms with Crippen LogP contribution in [0.1, 0.15) is 46.3 Å². The van der Waals surface area contributed by atoms with Crippen LogP contribution in [0.25, 0.3) is 11.3 Å². The molecule has 1 aliphatic heterocycles. The number of rotatable bonds is 8. The summed E-state index contributed by atoms with van der Waals surface area (Å²) < 4.78 is 10.2. The van der Waals surface area contributed by atoms with E-state index in [1.54, 1.807) is 13.0 Å². The zero-order chi connectivity index (χ0) is 27.5. The lowest BCUT2D eigenvalue weighted by Crippen LogP contribution is -2.25. The summed E-state index contributed by atoms with van der Waals surface area (Å²) in [5.74, 6) is 0.396. The number of amidine groups is 1. The van der Waals surface area contributed by atoms with Crippen LogP contribution in [-0.4, -0.2) is 51.8 Å². The summed E-state index contributed by atoms with van der Waals surface area (Å²) in [5.41, 5.74) is 7.00. The Bertz CT molecular complexity index is 1460. The number of anilines is 2. The maximum atomic E-state index is 11.9. The van der Waals surface area contributed by atoms with Gasteiger partial charge in [0.25, 0.3) is 0 Å². The van der Waals surface area contributed by atoms with Gasteiger partial charge in [-0.3, -0.25) is 4.99 Å². The summed E-state index contributed by atoms with van der Waals surface area (Å²) in [6, 6.07) is 26.6. The quantitative estimate of drug-likeness (QED) is 0.306. The zero-order valence-electron chi connectivity index (χ0n) is 22.9. The minimum atomic E-state index is -0.522. The zero-order valence-corrected chi connectivity index (χ0v) is 22.9. The molecule has 0 aliphatic carbocycles. The van der Waals surface area contributed by atoms with Gasteiger partial charge in [-0.25, -0.2) is 4.79 Å². The number of hydrogen-bond donors (Lipinski definition) is 1. The van der Waals surface area contributed by atoms with Crippen LogP contribution >= 0.6 is 0 Å². The number of benzene rings is 3. The Labute approximate surface area is 228 Å². The van der Waals surface area contributed by atoms with Crippen molar-refractivity contribution in [2.24, 2.45) is 4.99 Å². The Balaban J connectivity index is 1.43. The third kappa shape index (κ3) is 5.50. The SMILES string of the molecule is CCOC(=O)c1cc(-c2ccc(C3=NC(c4ccc(N(C)C)cc4)C(c4ccc(N(C)C)cc4)N3)cc2)no1. The first-order valence-corrected chi connectivity index (χ1v) is 13.0. The summed E-state index contributed by atoms with van der Waals surface area (Å²) in [6.45, 7) is 2.03. The Hall–Kier alpha value is -4.59. The minimum Gasteiger partial charge on any atom is -0.460 e. The average Bonchev–Trinajstić information content (AvgIpc) is 3.62. The van der Waals surface area contributed by atoms with Crippen molar-refractivity contribution >= 4 is 23.2 Å². The molecule has 0 fully saturated rings. The molecule has 1 aromatic heterocycles. The normalized spacial score (nSPS) is 16.4. The highest BCUT2D eigenvalue weighted by atomic mass is 16.6. The van der Waals surface area contributed by atoms with Gasteiger partial charge in [0.05, 0.1) is 12.6 Å². The molecule has 8 nitrogen and oxygen atoms in total. The first-order chi connectivity index (χ1) is 18.8. The molecule has 3 aromatic carbocycles. The molecule has 2 heterocycles. The Kier molecular flexibility index (Phi) is 7.36. The molecule has 0 spiro atoms. The van der Waals surface area contributed by atoms with Gasteiger partial charge in [0.2, 0.25) is 5.76 Å². The summed E-state index contributed by atoms with van der Waals surface area (Å²) in [7, 11) is 8.16. The maximum absolute atomic E-state index is 11.9. The van der Waals surface area contributed by atoms with E-state index >= 15 is 0 Å². The van der Waals surface area contributed by atoms with Crippen molar-refractivity contribution in [3.8, 4) is 11.3 Å². The van der Waals surface area contributed by atoms with Crippen molar-refractivity contribution in [2.45, 2.75) is 19.0 Å². The van der Waals surface area contributed by atoms with E-state index in [1.807, 2.05) is 52.5 Å². The van der Waals surface area contributed by atoms with Gasteiger partial charge in [-0.1, -0.05) is 53.7 Å². The molecule has 1 N–H and O–H groups in total. The molecule has 1 aliphatic rings. The summed E-state index contributed by atoms with van der Waals surface area (Å²) >= 11 is 0. The largest absolute Gasteiger partial charge is 0.460 e. The van der Waals surface area contributed by atoms with Gasteiger partial charge >= 0.3 is 5.97 Å². The van der Waals surface area contributed by atoms with E-state index in [-0.39, 0.29) is 24.5 Å². The van der Waals surface area contributed by atoms with Gasteiger partial charge in [-0.05, 0) is 42.3 Å². The predicted molar refractivity (Wildman–Crippen MR) is 155 cm³/mol. The predicted octanol–water partition coefficient (Wildman–Crippen LogP) is 5.48. The molecular formula is C31H33N5O3. The third-order valence-corrected chi connectivity index (χ3v) is 6.84. The molecule has 4 aromatic rings. The molecule has 2 unspecified atom stereocenters. The Morgan fingerprint density at radius 1 is 0.846 bits per heavy atom. The highest BCUT2D eigenvalue weighted by Gasteiger charge is 2.32. The molecule has 0 saturated carbocycles. The number of carbonyl (C=O) groups is 1. The number of aliphatic imine (C=N–C) groups is 1. The summed E-state index contributed by atoms with van der Waals surface area (Å²) in [5, 5.41) is 7.71. The fourth-order valence-corrected chi connectivity index (χ4v) is 4.63. The van der Waals surface area contributed by atoms with Crippen LogP contribution in [0.2, 0.25) is 0 Å². The molecule has 2 atom stereocenters. The number of nitrogens with zero attached hydrogens (tertiary/aromatic N) is 4. The smallest absolute Gasteiger partial charge is 0.377 e. The van der Waals surface area contributed by atoms with Crippen molar-refractivity contribution in [1.29, 1.82) is 0 Å². The van der Waals surface area contributed by atoms with Crippen LogP contribution in [-0.2, 0) is 4.74 Å². The third-order valence-electron chi connectivity index (χ3n) is 6.84. The second-order valence-electron chi connectivity index (χ2n) is 9.89. The molecule has 8 heteroatoms. The van der Waals surface area contributed by atoms with Crippen molar-refractivity contribution in [2.75, 3.05) is 44.6 Å². The van der Waals surface area contributed by atoms with Gasteiger partial charge < -0.3 is 24.4 Å². The van der Waals surface area contributed by atoms with Gasteiger partial charge in [0, 0.05) is 56.8 Å². The van der Waals surface area contributed by atoms with Gasteiger partial charge in [0.15, 0.2) is 0 Å². The van der Waals surface area contributed by atoms with E-state index in [1.165, 1.54) is 5.56 Å². The second kappa shape index (κ2) is 11.0. The number of nitrogens with one attached hydrogen (secondary N) is 1. The molecule has 200 valence electrons. The summed E-state index contributed by atoms with van der Waals surface area (Å²) in [4.78, 5) is 21.3. The van der Waals surface area contributed by atoms with Gasteiger partial charge in [0.1, 0.15) is 17.6 Å². The first-order valence-electron chi connectivity index (χ1n) is 13.0. The Morgan fingerprint density at radius 3 is 1.97 bits per heavy atom. The first kappa shape index (κ1) is 26.0. The topological polar surface area (TPSA) is 83.2 Å². The van der Waals surface area contributed by atoms with E-state index < -0.39 is 5.97 Å². The number of esters is 1. The van der Waals surface area contributed by atoms with Crippen molar-refractivity contribution < 1.29 is 14.1 Å². The highest BCUT2D eigenvalue weighted by Crippen LogP contribution is 2.38. The van der Waals surface area contributed by atoms with Crippen LogP contribution in [0.5, 0.6) is 0 Å². The highest BCUT2D eigenvalue weighted by molar-refractivity contribution is 6.01. The van der Waals surface area contributed by atoms with Crippen LogP contribution in [0, 0.1) is 0 Å². The molecule has 0 amide bonds. The van der Waals surface area contributed by atoms with E-state index in [2.05, 4.69) is 68.8 Å². The van der Waals surface area contributed by atoms with E-state index in [9.17, 15) is 4.79 Å². The molecule has 0 saturated heterocycles. The number of hydrogen-bond acceptors (Lipinski definition) is 8. The van der Waals surface area contributed by atoms with Crippen molar-refractivity contribution in [3.63, 3.8) is 0 Å². The standard InChI is InChI=1S/C31H33N5O3/c1-6-38-31(37)27-19-26(34-39-27)20-7-9-23(10-8-20)30-32-28(21-11-15-24(16-12-21)35(2)3)29(33-30)22-13-17-25(18-14-22)36(4)5/h7-19,28-29H,6H2,1-5H3,(H,32,33). The number of aromatic nitrogens is 1. The van der Waals surface area contributed by atoms with Crippen LogP contribution in [0.4, 0.5) is 11.4 Å². The number of ether oxygens (including phenoxy) is 1. The van der Waals surface area contributed by atoms with Gasteiger partial charge in [-0.15, -0.1) is 0 Å². The average molecular weight is 524 g/mol. The molecular weight excluding hydrogens is 490 g/mol.